The lowest BCUT2D eigenvalue weighted by Gasteiger charge is -2.48. The molecule has 1 amide bonds. The second-order valence-electron chi connectivity index (χ2n) is 26.4. The van der Waals surface area contributed by atoms with Gasteiger partial charge in [-0.25, -0.2) is 0 Å². The first kappa shape index (κ1) is 82.5. The molecule has 17 unspecified atom stereocenters. The molecular weight excluding hydrogens is 1150 g/mol. The van der Waals surface area contributed by atoms with Crippen LogP contribution in [-0.2, 0) is 33.2 Å². The summed E-state index contributed by atoms with van der Waals surface area (Å²) in [7, 11) is 0. The summed E-state index contributed by atoms with van der Waals surface area (Å²) in [5, 5.41) is 120. The highest BCUT2D eigenvalue weighted by Crippen LogP contribution is 2.33. The van der Waals surface area contributed by atoms with Gasteiger partial charge < -0.3 is 89.9 Å². The van der Waals surface area contributed by atoms with Crippen LogP contribution in [0.3, 0.4) is 0 Å². The average molecular weight is 1290 g/mol. The third-order valence-electron chi connectivity index (χ3n) is 18.5. The van der Waals surface area contributed by atoms with Gasteiger partial charge in [0, 0.05) is 6.42 Å². The third-order valence-corrected chi connectivity index (χ3v) is 18.5. The molecule has 0 saturated carbocycles. The fourth-order valence-corrected chi connectivity index (χ4v) is 12.6. The lowest BCUT2D eigenvalue weighted by molar-refractivity contribution is -0.379. The van der Waals surface area contributed by atoms with Crippen LogP contribution in [0.1, 0.15) is 290 Å². The molecule has 3 saturated heterocycles. The van der Waals surface area contributed by atoms with Gasteiger partial charge in [0.15, 0.2) is 18.9 Å². The molecule has 530 valence electrons. The molecule has 0 aliphatic carbocycles. The van der Waals surface area contributed by atoms with Gasteiger partial charge in [-0.15, -0.1) is 0 Å². The van der Waals surface area contributed by atoms with E-state index in [9.17, 15) is 61.0 Å². The summed E-state index contributed by atoms with van der Waals surface area (Å²) in [4.78, 5) is 13.4. The zero-order valence-corrected chi connectivity index (χ0v) is 56.1. The lowest BCUT2D eigenvalue weighted by atomic mass is 9.96. The van der Waals surface area contributed by atoms with Crippen molar-refractivity contribution in [3.63, 3.8) is 0 Å². The molecule has 0 aromatic heterocycles. The van der Waals surface area contributed by atoms with Crippen molar-refractivity contribution in [3.8, 4) is 0 Å². The molecule has 19 nitrogen and oxygen atoms in total. The van der Waals surface area contributed by atoms with Crippen molar-refractivity contribution >= 4 is 5.91 Å². The van der Waals surface area contributed by atoms with Gasteiger partial charge in [-0.1, -0.05) is 276 Å². The Morgan fingerprint density at radius 3 is 1.11 bits per heavy atom. The summed E-state index contributed by atoms with van der Waals surface area (Å²) >= 11 is 0. The number of carbonyl (C=O) groups excluding carboxylic acids is 1. The molecule has 0 radical (unpaired) electrons. The molecule has 90 heavy (non-hydrogen) atoms. The SMILES string of the molecule is CCCCCCCCCCCCCCCCCCCCCCCCCCC/C=C/CC/C=C/C(O)C(COC1OC(CO)C(OC2OC(CO)C(OC3OC(CO)C(O)C(O)C3O)C(O)C2O)C(O)C1O)NC(=O)CCCCCCCCCCCCCCCC. The van der Waals surface area contributed by atoms with E-state index in [4.69, 9.17) is 28.4 Å². The topological polar surface area (TPSA) is 307 Å². The minimum absolute atomic E-state index is 0.240. The van der Waals surface area contributed by atoms with Gasteiger partial charge in [-0.05, 0) is 32.1 Å². The van der Waals surface area contributed by atoms with Crippen LogP contribution < -0.4 is 5.32 Å². The predicted octanol–water partition coefficient (Wildman–Crippen LogP) is 10.2. The van der Waals surface area contributed by atoms with Gasteiger partial charge in [0.25, 0.3) is 0 Å². The number of allylic oxidation sites excluding steroid dienone is 3. The maximum Gasteiger partial charge on any atom is 0.220 e. The molecular formula is C71H133NO18. The number of nitrogens with one attached hydrogen (secondary N) is 1. The zero-order chi connectivity index (χ0) is 65.4. The minimum atomic E-state index is -1.98. The molecule has 3 aliphatic heterocycles. The number of ether oxygens (including phenoxy) is 6. The Balaban J connectivity index is 1.39. The highest BCUT2D eigenvalue weighted by molar-refractivity contribution is 5.76. The van der Waals surface area contributed by atoms with E-state index >= 15 is 0 Å². The second-order valence-corrected chi connectivity index (χ2v) is 26.4. The van der Waals surface area contributed by atoms with Gasteiger partial charge in [0.1, 0.15) is 73.2 Å². The summed E-state index contributed by atoms with van der Waals surface area (Å²) in [5.41, 5.74) is 0. The largest absolute Gasteiger partial charge is 0.394 e. The number of amides is 1. The van der Waals surface area contributed by atoms with Crippen molar-refractivity contribution in [2.75, 3.05) is 26.4 Å². The van der Waals surface area contributed by atoms with E-state index in [2.05, 4.69) is 31.3 Å². The van der Waals surface area contributed by atoms with Crippen LogP contribution in [0.5, 0.6) is 0 Å². The number of unbranched alkanes of at least 4 members (excludes halogenated alkanes) is 39. The monoisotopic (exact) mass is 1290 g/mol. The van der Waals surface area contributed by atoms with Gasteiger partial charge in [-0.3, -0.25) is 4.79 Å². The van der Waals surface area contributed by atoms with E-state index in [-0.39, 0.29) is 18.9 Å². The summed E-state index contributed by atoms with van der Waals surface area (Å²) in [6.07, 6.45) is 34.7. The number of hydrogen-bond acceptors (Lipinski definition) is 18. The molecule has 3 fully saturated rings. The van der Waals surface area contributed by atoms with Crippen LogP contribution in [0.4, 0.5) is 0 Å². The number of rotatable bonds is 57. The highest BCUT2D eigenvalue weighted by atomic mass is 16.8. The number of aliphatic hydroxyl groups is 11. The zero-order valence-electron chi connectivity index (χ0n) is 56.1. The van der Waals surface area contributed by atoms with Crippen LogP contribution in [0.15, 0.2) is 24.3 Å². The Labute approximate surface area is 543 Å². The summed E-state index contributed by atoms with van der Waals surface area (Å²) in [6, 6.07) is -0.986. The second kappa shape index (κ2) is 53.4. The highest BCUT2D eigenvalue weighted by Gasteiger charge is 2.53. The summed E-state index contributed by atoms with van der Waals surface area (Å²) < 4.78 is 34.3. The number of carbonyl (C=O) groups is 1. The van der Waals surface area contributed by atoms with E-state index in [1.54, 1.807) is 6.08 Å². The van der Waals surface area contributed by atoms with Gasteiger partial charge in [-0.2, -0.15) is 0 Å². The molecule has 0 bridgehead atoms. The number of aliphatic hydroxyl groups excluding tert-OH is 11. The summed E-state index contributed by atoms with van der Waals surface area (Å²) in [5.74, 6) is -0.282. The molecule has 3 heterocycles. The maximum atomic E-state index is 13.4. The van der Waals surface area contributed by atoms with Crippen molar-refractivity contribution in [2.24, 2.45) is 0 Å². The lowest BCUT2D eigenvalue weighted by Crippen LogP contribution is -2.66. The molecule has 0 spiro atoms. The normalized spacial score (nSPS) is 28.1. The van der Waals surface area contributed by atoms with Crippen LogP contribution in [0, 0.1) is 0 Å². The van der Waals surface area contributed by atoms with Crippen LogP contribution in [0.2, 0.25) is 0 Å². The van der Waals surface area contributed by atoms with E-state index in [0.29, 0.717) is 12.8 Å². The molecule has 0 aromatic carbocycles. The Morgan fingerprint density at radius 2 is 0.711 bits per heavy atom. The molecule has 17 atom stereocenters. The van der Waals surface area contributed by atoms with Crippen molar-refractivity contribution in [1.82, 2.24) is 5.32 Å². The smallest absolute Gasteiger partial charge is 0.220 e. The van der Waals surface area contributed by atoms with Gasteiger partial charge >= 0.3 is 0 Å². The predicted molar refractivity (Wildman–Crippen MR) is 351 cm³/mol. The standard InChI is InChI=1S/C71H133NO18/c1-3-5-7-9-11-13-15-17-19-20-21-22-23-24-25-26-27-28-29-30-31-32-33-34-35-36-38-40-42-44-46-48-55(76)54(72-59(77)49-47-45-43-41-39-37-18-16-14-12-10-8-6-4-2)53-85-69-65(83)62(80)67(57(51-74)87-69)90-71-66(84)63(81)68(58(52-75)88-71)89-70-64(82)61(79)60(78)56(50-73)86-70/h38,40,46,48,54-58,60-71,73-76,78-84H,3-37,39,41-45,47,49-53H2,1-2H3,(H,72,77)/b40-38+,48-46+. The van der Waals surface area contributed by atoms with Crippen LogP contribution >= 0.6 is 0 Å². The molecule has 19 heteroatoms. The van der Waals surface area contributed by atoms with Crippen molar-refractivity contribution in [3.05, 3.63) is 24.3 Å². The Hall–Kier alpha value is -1.73. The molecule has 12 N–H and O–H groups in total. The molecule has 3 rings (SSSR count). The minimum Gasteiger partial charge on any atom is -0.394 e. The van der Waals surface area contributed by atoms with Gasteiger partial charge in [0.2, 0.25) is 5.91 Å². The van der Waals surface area contributed by atoms with E-state index < -0.39 is 124 Å². The quantitative estimate of drug-likeness (QED) is 0.0199. The van der Waals surface area contributed by atoms with Crippen molar-refractivity contribution in [2.45, 2.75) is 394 Å². The Bertz CT molecular complexity index is 1730. The average Bonchev–Trinajstić information content (AvgIpc) is 0.987. The first-order chi connectivity index (χ1) is 43.8. The summed E-state index contributed by atoms with van der Waals surface area (Å²) in [6.45, 7) is 1.74. The maximum absolute atomic E-state index is 13.4. The third kappa shape index (κ3) is 34.8. The molecule has 3 aliphatic rings. The fraction of sp³-hybridized carbons (Fsp3) is 0.930. The first-order valence-electron chi connectivity index (χ1n) is 36.6. The van der Waals surface area contributed by atoms with Crippen molar-refractivity contribution in [1.29, 1.82) is 0 Å². The van der Waals surface area contributed by atoms with Crippen LogP contribution in [0.25, 0.3) is 0 Å². The Kier molecular flexibility index (Phi) is 49.0. The Morgan fingerprint density at radius 1 is 0.389 bits per heavy atom. The van der Waals surface area contributed by atoms with E-state index in [1.807, 2.05) is 6.08 Å². The van der Waals surface area contributed by atoms with Gasteiger partial charge in [0.05, 0.1) is 38.6 Å². The van der Waals surface area contributed by atoms with Crippen molar-refractivity contribution < 1.29 is 89.4 Å². The number of hydrogen-bond donors (Lipinski definition) is 12. The first-order valence-corrected chi connectivity index (χ1v) is 36.6. The van der Waals surface area contributed by atoms with E-state index in [0.717, 1.165) is 38.5 Å². The van der Waals surface area contributed by atoms with Crippen LogP contribution in [-0.4, -0.2) is 193 Å². The fourth-order valence-electron chi connectivity index (χ4n) is 12.6. The van der Waals surface area contributed by atoms with E-state index in [1.165, 1.54) is 218 Å². The molecule has 0 aromatic rings.